The Morgan fingerprint density at radius 3 is 2.56 bits per heavy atom. The molecule has 0 saturated heterocycles. The lowest BCUT2D eigenvalue weighted by atomic mass is 10.3. The molecule has 0 saturated carbocycles. The van der Waals surface area contributed by atoms with E-state index in [0.29, 0.717) is 11.5 Å². The van der Waals surface area contributed by atoms with Crippen molar-refractivity contribution in [3.8, 4) is 23.0 Å². The van der Waals surface area contributed by atoms with E-state index < -0.39 is 0 Å². The number of methoxy groups -OCH3 is 2. The monoisotopic (exact) mass is 235 g/mol. The highest BCUT2D eigenvalue weighted by Gasteiger charge is 2.07. The van der Waals surface area contributed by atoms with E-state index >= 15 is 0 Å². The number of rotatable bonds is 4. The topological polar surface area (TPSA) is 27.7 Å². The van der Waals surface area contributed by atoms with Crippen LogP contribution in [0.5, 0.6) is 23.0 Å². The van der Waals surface area contributed by atoms with Crippen molar-refractivity contribution in [1.29, 1.82) is 0 Å². The maximum Gasteiger partial charge on any atom is 0.172 e. The lowest BCUT2D eigenvalue weighted by Gasteiger charge is -2.10. The Bertz CT molecular complexity index is 451. The zero-order chi connectivity index (χ0) is 11.4. The minimum Gasteiger partial charge on any atom is -0.497 e. The molecule has 0 unspecified atom stereocenters. The number of thiophene rings is 1. The summed E-state index contributed by atoms with van der Waals surface area (Å²) in [4.78, 5) is 0. The molecule has 0 aliphatic carbocycles. The summed E-state index contributed by atoms with van der Waals surface area (Å²) in [5.74, 6) is 2.78. The molecule has 0 atom stereocenters. The van der Waals surface area contributed by atoms with Crippen molar-refractivity contribution >= 4 is 11.3 Å². The van der Waals surface area contributed by atoms with E-state index in [1.54, 1.807) is 26.4 Å². The smallest absolute Gasteiger partial charge is 0.172 e. The quantitative estimate of drug-likeness (QED) is 0.813. The molecule has 1 aromatic heterocycles. The number of ether oxygens (including phenoxy) is 3. The summed E-state index contributed by atoms with van der Waals surface area (Å²) in [5, 5.41) is 4.83. The summed E-state index contributed by atoms with van der Waals surface area (Å²) < 4.78 is 16.0. The van der Waals surface area contributed by atoms with Crippen LogP contribution in [0.25, 0.3) is 0 Å². The first kappa shape index (κ1) is 10.8. The summed E-state index contributed by atoms with van der Waals surface area (Å²) in [6.07, 6.45) is 0. The number of hydrogen-bond donors (Lipinski definition) is 0. The van der Waals surface area contributed by atoms with Gasteiger partial charge in [0, 0.05) is 22.9 Å². The van der Waals surface area contributed by atoms with Gasteiger partial charge in [-0.1, -0.05) is 0 Å². The normalized spacial score (nSPS) is 9.88. The molecule has 0 spiro atoms. The van der Waals surface area contributed by atoms with Crippen molar-refractivity contribution in [3.05, 3.63) is 35.0 Å². The Morgan fingerprint density at radius 2 is 1.94 bits per heavy atom. The molecule has 0 aliphatic heterocycles. The number of hydrogen-bond acceptors (Lipinski definition) is 4. The zero-order valence-corrected chi connectivity index (χ0v) is 9.84. The van der Waals surface area contributed by atoms with Gasteiger partial charge in [-0.15, -0.1) is 11.3 Å². The summed E-state index contributed by atoms with van der Waals surface area (Å²) >= 11 is 1.46. The second kappa shape index (κ2) is 4.90. The lowest BCUT2D eigenvalue weighted by molar-refractivity contribution is 0.371. The first-order valence-electron chi connectivity index (χ1n) is 4.68. The second-order valence-corrected chi connectivity index (χ2v) is 3.73. The van der Waals surface area contributed by atoms with Crippen LogP contribution in [-0.4, -0.2) is 14.2 Å². The molecule has 0 amide bonds. The van der Waals surface area contributed by atoms with E-state index in [-0.39, 0.29) is 0 Å². The van der Waals surface area contributed by atoms with Crippen LogP contribution in [0.2, 0.25) is 0 Å². The van der Waals surface area contributed by atoms with E-state index in [0.717, 1.165) is 11.5 Å². The highest BCUT2D eigenvalue weighted by atomic mass is 32.1. The average molecular weight is 235 g/mol. The van der Waals surface area contributed by atoms with Crippen molar-refractivity contribution in [2.24, 2.45) is 0 Å². The molecule has 3 nitrogen and oxygen atoms in total. The third kappa shape index (κ3) is 2.28. The SMILES string of the molecule is COc1ccc(OC)c(Oc2c[c]sc2)c1. The molecule has 1 heterocycles. The summed E-state index contributed by atoms with van der Waals surface area (Å²) in [7, 11) is 3.22. The highest BCUT2D eigenvalue weighted by Crippen LogP contribution is 2.35. The first-order chi connectivity index (χ1) is 7.83. The van der Waals surface area contributed by atoms with Gasteiger partial charge in [0.1, 0.15) is 11.5 Å². The van der Waals surface area contributed by atoms with Gasteiger partial charge in [0.2, 0.25) is 0 Å². The minimum absolute atomic E-state index is 0.633. The van der Waals surface area contributed by atoms with E-state index in [2.05, 4.69) is 5.38 Å². The molecule has 0 bridgehead atoms. The van der Waals surface area contributed by atoms with Crippen LogP contribution in [0.4, 0.5) is 0 Å². The van der Waals surface area contributed by atoms with Crippen LogP contribution >= 0.6 is 11.3 Å². The Balaban J connectivity index is 2.30. The van der Waals surface area contributed by atoms with Crippen LogP contribution in [0.1, 0.15) is 0 Å². The van der Waals surface area contributed by atoms with Crippen LogP contribution in [0.3, 0.4) is 0 Å². The Labute approximate surface area is 98.2 Å². The van der Waals surface area contributed by atoms with Crippen molar-refractivity contribution in [1.82, 2.24) is 0 Å². The largest absolute Gasteiger partial charge is 0.497 e. The molecule has 0 fully saturated rings. The minimum atomic E-state index is 0.633. The molecular formula is C12H11O3S. The summed E-state index contributed by atoms with van der Waals surface area (Å²) in [5.41, 5.74) is 0. The summed E-state index contributed by atoms with van der Waals surface area (Å²) in [6, 6.07) is 7.20. The van der Waals surface area contributed by atoms with Crippen molar-refractivity contribution in [2.75, 3.05) is 14.2 Å². The molecule has 1 radical (unpaired) electrons. The van der Waals surface area contributed by atoms with Crippen LogP contribution in [-0.2, 0) is 0 Å². The fourth-order valence-electron chi connectivity index (χ4n) is 1.26. The van der Waals surface area contributed by atoms with Crippen LogP contribution in [0, 0.1) is 5.38 Å². The zero-order valence-electron chi connectivity index (χ0n) is 9.02. The lowest BCUT2D eigenvalue weighted by Crippen LogP contribution is -1.91. The first-order valence-corrected chi connectivity index (χ1v) is 5.56. The van der Waals surface area contributed by atoms with Crippen LogP contribution in [0.15, 0.2) is 29.6 Å². The third-order valence-electron chi connectivity index (χ3n) is 2.04. The van der Waals surface area contributed by atoms with E-state index in [1.807, 2.05) is 17.5 Å². The molecule has 1 aromatic carbocycles. The predicted molar refractivity (Wildman–Crippen MR) is 62.8 cm³/mol. The molecule has 83 valence electrons. The average Bonchev–Trinajstić information content (AvgIpc) is 2.82. The standard InChI is InChI=1S/C12H11O3S/c1-13-9-3-4-11(14-2)12(7-9)15-10-5-6-16-8-10/h3-5,7-8H,1-2H3. The maximum absolute atomic E-state index is 5.66. The van der Waals surface area contributed by atoms with Gasteiger partial charge in [0.25, 0.3) is 0 Å². The predicted octanol–water partition coefficient (Wildman–Crippen LogP) is 3.36. The van der Waals surface area contributed by atoms with Crippen molar-refractivity contribution in [2.45, 2.75) is 0 Å². The van der Waals surface area contributed by atoms with Gasteiger partial charge in [-0.3, -0.25) is 0 Å². The molecule has 2 aromatic rings. The molecule has 2 rings (SSSR count). The van der Waals surface area contributed by atoms with Crippen LogP contribution < -0.4 is 14.2 Å². The van der Waals surface area contributed by atoms with Gasteiger partial charge >= 0.3 is 0 Å². The van der Waals surface area contributed by atoms with Gasteiger partial charge in [-0.25, -0.2) is 0 Å². The summed E-state index contributed by atoms with van der Waals surface area (Å²) in [6.45, 7) is 0. The number of benzene rings is 1. The molecule has 16 heavy (non-hydrogen) atoms. The van der Waals surface area contributed by atoms with Gasteiger partial charge in [-0.2, -0.15) is 0 Å². The van der Waals surface area contributed by atoms with E-state index in [9.17, 15) is 0 Å². The molecular weight excluding hydrogens is 224 g/mol. The molecule has 0 N–H and O–H groups in total. The highest BCUT2D eigenvalue weighted by molar-refractivity contribution is 7.07. The Morgan fingerprint density at radius 1 is 1.06 bits per heavy atom. The second-order valence-electron chi connectivity index (χ2n) is 3.02. The maximum atomic E-state index is 5.66. The molecule has 4 heteroatoms. The fourth-order valence-corrected chi connectivity index (χ4v) is 1.75. The Kier molecular flexibility index (Phi) is 3.31. The van der Waals surface area contributed by atoms with E-state index in [4.69, 9.17) is 14.2 Å². The van der Waals surface area contributed by atoms with Crippen molar-refractivity contribution in [3.63, 3.8) is 0 Å². The van der Waals surface area contributed by atoms with Gasteiger partial charge in [-0.05, 0) is 12.1 Å². The molecule has 0 aliphatic rings. The van der Waals surface area contributed by atoms with Crippen molar-refractivity contribution < 1.29 is 14.2 Å². The third-order valence-corrected chi connectivity index (χ3v) is 2.65. The Hall–Kier alpha value is -1.68. The van der Waals surface area contributed by atoms with Gasteiger partial charge < -0.3 is 14.2 Å². The fraction of sp³-hybridized carbons (Fsp3) is 0.167. The van der Waals surface area contributed by atoms with Gasteiger partial charge in [0.05, 0.1) is 14.2 Å². The van der Waals surface area contributed by atoms with E-state index in [1.165, 1.54) is 11.3 Å². The van der Waals surface area contributed by atoms with Gasteiger partial charge in [0.15, 0.2) is 11.5 Å².